The molecule has 0 radical (unpaired) electrons. The Morgan fingerprint density at radius 2 is 1.65 bits per heavy atom. The fraction of sp³-hybridized carbons (Fsp3) is 0.316. The van der Waals surface area contributed by atoms with Gasteiger partial charge in [0, 0.05) is 20.1 Å². The minimum Gasteiger partial charge on any atom is -0.356 e. The Morgan fingerprint density at radius 3 is 2.31 bits per heavy atom. The zero-order valence-corrected chi connectivity index (χ0v) is 15.6. The van der Waals surface area contributed by atoms with E-state index in [1.54, 1.807) is 49.5 Å². The molecule has 2 N–H and O–H groups in total. The van der Waals surface area contributed by atoms with Crippen molar-refractivity contribution in [1.29, 1.82) is 0 Å². The van der Waals surface area contributed by atoms with E-state index < -0.39 is 9.84 Å². The Morgan fingerprint density at radius 1 is 1.00 bits per heavy atom. The van der Waals surface area contributed by atoms with Gasteiger partial charge >= 0.3 is 0 Å². The highest BCUT2D eigenvalue weighted by atomic mass is 32.2. The smallest absolute Gasteiger partial charge is 0.190 e. The summed E-state index contributed by atoms with van der Waals surface area (Å²) in [5, 5.41) is 6.26. The van der Waals surface area contributed by atoms with Gasteiger partial charge in [-0.3, -0.25) is 4.99 Å². The van der Waals surface area contributed by atoms with Gasteiger partial charge < -0.3 is 10.6 Å². The van der Waals surface area contributed by atoms with E-state index in [1.165, 1.54) is 12.1 Å². The highest BCUT2D eigenvalue weighted by Crippen LogP contribution is 2.10. The Kier molecular flexibility index (Phi) is 7.59. The highest BCUT2D eigenvalue weighted by molar-refractivity contribution is 7.91. The number of hydrogen-bond donors (Lipinski definition) is 2. The Hall–Kier alpha value is -2.41. The molecule has 0 aliphatic carbocycles. The molecular formula is C19H24FN3O2S. The molecule has 0 amide bonds. The van der Waals surface area contributed by atoms with Crippen LogP contribution in [0.2, 0.25) is 0 Å². The van der Waals surface area contributed by atoms with Crippen molar-refractivity contribution >= 4 is 15.8 Å². The monoisotopic (exact) mass is 377 g/mol. The van der Waals surface area contributed by atoms with Crippen LogP contribution in [0.15, 0.2) is 64.5 Å². The largest absolute Gasteiger partial charge is 0.356 e. The van der Waals surface area contributed by atoms with Crippen molar-refractivity contribution in [1.82, 2.24) is 10.6 Å². The van der Waals surface area contributed by atoms with Gasteiger partial charge in [-0.05, 0) is 42.7 Å². The van der Waals surface area contributed by atoms with E-state index in [-0.39, 0.29) is 11.6 Å². The lowest BCUT2D eigenvalue weighted by molar-refractivity contribution is 0.592. The van der Waals surface area contributed by atoms with Crippen LogP contribution in [-0.4, -0.2) is 40.3 Å². The van der Waals surface area contributed by atoms with Crippen LogP contribution in [0.25, 0.3) is 0 Å². The van der Waals surface area contributed by atoms with Gasteiger partial charge in [0.05, 0.1) is 10.6 Å². The van der Waals surface area contributed by atoms with E-state index in [2.05, 4.69) is 15.6 Å². The number of halogens is 1. The van der Waals surface area contributed by atoms with Crippen molar-refractivity contribution in [2.45, 2.75) is 17.7 Å². The molecule has 2 aromatic rings. The third-order valence-electron chi connectivity index (χ3n) is 3.83. The van der Waals surface area contributed by atoms with Crippen LogP contribution >= 0.6 is 0 Å². The third-order valence-corrected chi connectivity index (χ3v) is 5.64. The molecule has 2 aromatic carbocycles. The number of sulfone groups is 1. The van der Waals surface area contributed by atoms with Gasteiger partial charge in [-0.2, -0.15) is 0 Å². The molecule has 0 bridgehead atoms. The summed E-state index contributed by atoms with van der Waals surface area (Å²) in [7, 11) is -1.59. The Bertz CT molecular complexity index is 806. The summed E-state index contributed by atoms with van der Waals surface area (Å²) in [6.45, 7) is 1.15. The van der Waals surface area contributed by atoms with E-state index in [1.807, 2.05) is 0 Å². The lowest BCUT2D eigenvalue weighted by Crippen LogP contribution is -2.39. The average Bonchev–Trinajstić information content (AvgIpc) is 2.66. The van der Waals surface area contributed by atoms with Crippen LogP contribution in [-0.2, 0) is 16.3 Å². The molecule has 2 rings (SSSR count). The van der Waals surface area contributed by atoms with E-state index in [0.717, 1.165) is 12.0 Å². The fourth-order valence-corrected chi connectivity index (χ4v) is 3.74. The summed E-state index contributed by atoms with van der Waals surface area (Å²) in [5.41, 5.74) is 1.03. The Balaban J connectivity index is 1.69. The second-order valence-electron chi connectivity index (χ2n) is 5.79. The highest BCUT2D eigenvalue weighted by Gasteiger charge is 2.13. The summed E-state index contributed by atoms with van der Waals surface area (Å²) in [6.07, 6.45) is 1.22. The molecular weight excluding hydrogens is 353 g/mol. The minimum atomic E-state index is -3.25. The van der Waals surface area contributed by atoms with E-state index in [4.69, 9.17) is 0 Å². The second-order valence-corrected chi connectivity index (χ2v) is 7.90. The van der Waals surface area contributed by atoms with Gasteiger partial charge in [0.2, 0.25) is 0 Å². The normalized spacial score (nSPS) is 12.0. The summed E-state index contributed by atoms with van der Waals surface area (Å²) < 4.78 is 37.3. The zero-order valence-electron chi connectivity index (χ0n) is 14.8. The summed E-state index contributed by atoms with van der Waals surface area (Å²) >= 11 is 0. The summed E-state index contributed by atoms with van der Waals surface area (Å²) in [4.78, 5) is 4.46. The van der Waals surface area contributed by atoms with Gasteiger partial charge in [0.25, 0.3) is 0 Å². The molecule has 0 heterocycles. The van der Waals surface area contributed by atoms with Gasteiger partial charge in [-0.15, -0.1) is 0 Å². The maximum Gasteiger partial charge on any atom is 0.190 e. The fourth-order valence-electron chi connectivity index (χ4n) is 2.41. The van der Waals surface area contributed by atoms with Gasteiger partial charge in [0.15, 0.2) is 15.8 Å². The van der Waals surface area contributed by atoms with E-state index in [9.17, 15) is 12.8 Å². The van der Waals surface area contributed by atoms with Crippen molar-refractivity contribution in [3.05, 3.63) is 66.0 Å². The first-order valence-electron chi connectivity index (χ1n) is 8.48. The SMILES string of the molecule is CN=C(NCCCS(=O)(=O)c1ccccc1)NCCc1ccc(F)cc1. The van der Waals surface area contributed by atoms with Crippen molar-refractivity contribution in [3.8, 4) is 0 Å². The average molecular weight is 377 g/mol. The number of rotatable bonds is 8. The molecule has 0 saturated carbocycles. The predicted molar refractivity (Wildman–Crippen MR) is 103 cm³/mol. The van der Waals surface area contributed by atoms with E-state index in [0.29, 0.717) is 30.4 Å². The molecule has 0 aliphatic heterocycles. The molecule has 0 aliphatic rings. The minimum absolute atomic E-state index is 0.0799. The first-order chi connectivity index (χ1) is 12.5. The standard InChI is InChI=1S/C19H24FN3O2S/c1-21-19(23-14-12-16-8-10-17(20)11-9-16)22-13-5-15-26(24,25)18-6-3-2-4-7-18/h2-4,6-11H,5,12-15H2,1H3,(H2,21,22,23). The topological polar surface area (TPSA) is 70.6 Å². The Labute approximate surface area is 154 Å². The molecule has 140 valence electrons. The van der Waals surface area contributed by atoms with Crippen molar-refractivity contribution in [2.75, 3.05) is 25.9 Å². The number of benzene rings is 2. The number of nitrogens with one attached hydrogen (secondary N) is 2. The van der Waals surface area contributed by atoms with Crippen LogP contribution in [0, 0.1) is 5.82 Å². The predicted octanol–water partition coefficient (Wildman–Crippen LogP) is 2.40. The number of nitrogens with zero attached hydrogens (tertiary/aromatic N) is 1. The molecule has 0 fully saturated rings. The van der Waals surface area contributed by atoms with Gasteiger partial charge in [-0.25, -0.2) is 12.8 Å². The zero-order chi connectivity index (χ0) is 18.8. The molecule has 0 aromatic heterocycles. The lowest BCUT2D eigenvalue weighted by atomic mass is 10.1. The second kappa shape index (κ2) is 9.91. The number of hydrogen-bond acceptors (Lipinski definition) is 3. The van der Waals surface area contributed by atoms with Crippen LogP contribution < -0.4 is 10.6 Å². The number of aliphatic imine (C=N–C) groups is 1. The molecule has 26 heavy (non-hydrogen) atoms. The molecule has 7 heteroatoms. The lowest BCUT2D eigenvalue weighted by Gasteiger charge is -2.12. The molecule has 0 saturated heterocycles. The molecule has 0 spiro atoms. The van der Waals surface area contributed by atoms with Crippen LogP contribution in [0.3, 0.4) is 0 Å². The van der Waals surface area contributed by atoms with Crippen LogP contribution in [0.5, 0.6) is 0 Å². The first kappa shape index (κ1) is 19.9. The van der Waals surface area contributed by atoms with E-state index >= 15 is 0 Å². The van der Waals surface area contributed by atoms with Crippen LogP contribution in [0.4, 0.5) is 4.39 Å². The van der Waals surface area contributed by atoms with Crippen molar-refractivity contribution in [2.24, 2.45) is 4.99 Å². The maximum absolute atomic E-state index is 12.9. The van der Waals surface area contributed by atoms with Gasteiger partial charge in [0.1, 0.15) is 5.82 Å². The molecule has 5 nitrogen and oxygen atoms in total. The first-order valence-corrected chi connectivity index (χ1v) is 10.1. The quantitative estimate of drug-likeness (QED) is 0.421. The molecule has 0 unspecified atom stereocenters. The molecule has 0 atom stereocenters. The summed E-state index contributed by atoms with van der Waals surface area (Å²) in [6, 6.07) is 14.8. The third kappa shape index (κ3) is 6.48. The summed E-state index contributed by atoms with van der Waals surface area (Å²) in [5.74, 6) is 0.449. The van der Waals surface area contributed by atoms with Crippen LogP contribution in [0.1, 0.15) is 12.0 Å². The van der Waals surface area contributed by atoms with Crippen molar-refractivity contribution in [3.63, 3.8) is 0 Å². The van der Waals surface area contributed by atoms with Gasteiger partial charge in [-0.1, -0.05) is 30.3 Å². The maximum atomic E-state index is 12.9. The number of guanidine groups is 1. The van der Waals surface area contributed by atoms with Crippen molar-refractivity contribution < 1.29 is 12.8 Å².